The number of nitrogens with one attached hydrogen (secondary N) is 1. The molecule has 1 amide bonds. The molecule has 0 radical (unpaired) electrons. The molecule has 0 heterocycles. The third kappa shape index (κ3) is 5.57. The normalized spacial score (nSPS) is 11.4. The summed E-state index contributed by atoms with van der Waals surface area (Å²) in [6.45, 7) is 1.81. The van der Waals surface area contributed by atoms with E-state index < -0.39 is 29.1 Å². The standard InChI is InChI=1S/C27H19BrF3NO3S/c1-15-20(16-6-4-3-5-7-16)12-17-8-10-19(28)14-21(17)24(15)25(33)32-22-11-9-18(26(34)35-2)13-23(22)36-27(29,30)31/h3-14H,1-2H3,(H,32,33). The zero-order valence-electron chi connectivity index (χ0n) is 19.1. The second kappa shape index (κ2) is 10.4. The number of ether oxygens (including phenoxy) is 1. The molecule has 4 rings (SSSR count). The summed E-state index contributed by atoms with van der Waals surface area (Å²) in [6.07, 6.45) is 0. The van der Waals surface area contributed by atoms with E-state index in [0.717, 1.165) is 34.2 Å². The van der Waals surface area contributed by atoms with Crippen LogP contribution in [0.2, 0.25) is 0 Å². The molecular formula is C27H19BrF3NO3S. The number of amides is 1. The molecule has 0 bridgehead atoms. The molecule has 36 heavy (non-hydrogen) atoms. The number of carbonyl (C=O) groups is 2. The van der Waals surface area contributed by atoms with E-state index in [9.17, 15) is 22.8 Å². The number of halogens is 4. The van der Waals surface area contributed by atoms with Gasteiger partial charge in [0.2, 0.25) is 0 Å². The molecule has 4 aromatic rings. The smallest absolute Gasteiger partial charge is 0.446 e. The fraction of sp³-hybridized carbons (Fsp3) is 0.111. The average Bonchev–Trinajstić information content (AvgIpc) is 2.83. The van der Waals surface area contributed by atoms with Crippen LogP contribution in [0, 0.1) is 6.92 Å². The Morgan fingerprint density at radius 2 is 1.69 bits per heavy atom. The summed E-state index contributed by atoms with van der Waals surface area (Å²) in [4.78, 5) is 25.2. The maximum absolute atomic E-state index is 13.6. The first-order chi connectivity index (χ1) is 17.1. The molecule has 0 aliphatic carbocycles. The van der Waals surface area contributed by atoms with E-state index in [4.69, 9.17) is 0 Å². The Morgan fingerprint density at radius 1 is 0.972 bits per heavy atom. The molecule has 0 fully saturated rings. The topological polar surface area (TPSA) is 55.4 Å². The average molecular weight is 574 g/mol. The molecule has 0 saturated heterocycles. The number of hydrogen-bond acceptors (Lipinski definition) is 4. The van der Waals surface area contributed by atoms with Crippen molar-refractivity contribution in [2.24, 2.45) is 0 Å². The second-order valence-corrected chi connectivity index (χ2v) is 9.88. The lowest BCUT2D eigenvalue weighted by molar-refractivity contribution is -0.0328. The highest BCUT2D eigenvalue weighted by Crippen LogP contribution is 2.42. The second-order valence-electron chi connectivity index (χ2n) is 7.86. The number of methoxy groups -OCH3 is 1. The molecule has 0 saturated carbocycles. The van der Waals surface area contributed by atoms with Crippen molar-refractivity contribution >= 4 is 56.0 Å². The van der Waals surface area contributed by atoms with E-state index >= 15 is 0 Å². The number of carbonyl (C=O) groups excluding carboxylic acids is 2. The Bertz CT molecular complexity index is 1470. The van der Waals surface area contributed by atoms with E-state index in [1.807, 2.05) is 55.5 Å². The fourth-order valence-corrected chi connectivity index (χ4v) is 4.97. The van der Waals surface area contributed by atoms with E-state index in [2.05, 4.69) is 26.0 Å². The Kier molecular flexibility index (Phi) is 7.42. The number of alkyl halides is 3. The van der Waals surface area contributed by atoms with Crippen molar-refractivity contribution in [1.29, 1.82) is 0 Å². The Balaban J connectivity index is 1.85. The van der Waals surface area contributed by atoms with Crippen LogP contribution in [0.5, 0.6) is 0 Å². The van der Waals surface area contributed by atoms with Crippen molar-refractivity contribution in [3.05, 3.63) is 94.0 Å². The number of anilines is 1. The van der Waals surface area contributed by atoms with Crippen LogP contribution in [-0.4, -0.2) is 24.5 Å². The molecule has 1 N–H and O–H groups in total. The molecule has 0 spiro atoms. The molecule has 0 aromatic heterocycles. The van der Waals surface area contributed by atoms with E-state index in [-0.39, 0.29) is 16.1 Å². The number of fused-ring (bicyclic) bond motifs is 1. The van der Waals surface area contributed by atoms with Gasteiger partial charge in [-0.25, -0.2) is 4.79 Å². The number of benzene rings is 4. The molecular weight excluding hydrogens is 555 g/mol. The van der Waals surface area contributed by atoms with Crippen molar-refractivity contribution in [2.45, 2.75) is 17.3 Å². The van der Waals surface area contributed by atoms with Gasteiger partial charge in [0.05, 0.1) is 23.9 Å². The third-order valence-electron chi connectivity index (χ3n) is 5.55. The molecule has 9 heteroatoms. The van der Waals surface area contributed by atoms with Crippen molar-refractivity contribution in [1.82, 2.24) is 0 Å². The number of thioether (sulfide) groups is 1. The molecule has 0 unspecified atom stereocenters. The number of rotatable bonds is 5. The minimum absolute atomic E-state index is 0.0566. The summed E-state index contributed by atoms with van der Waals surface area (Å²) in [5.74, 6) is -1.35. The lowest BCUT2D eigenvalue weighted by atomic mass is 9.91. The quantitative estimate of drug-likeness (QED) is 0.193. The zero-order chi connectivity index (χ0) is 26.0. The first-order valence-electron chi connectivity index (χ1n) is 10.6. The summed E-state index contributed by atoms with van der Waals surface area (Å²) in [5, 5.41) is 4.09. The molecule has 184 valence electrons. The van der Waals surface area contributed by atoms with Crippen molar-refractivity contribution in [3.8, 4) is 11.1 Å². The van der Waals surface area contributed by atoms with Crippen LogP contribution in [0.25, 0.3) is 21.9 Å². The van der Waals surface area contributed by atoms with Gasteiger partial charge in [0.15, 0.2) is 0 Å². The molecule has 0 aliphatic rings. The van der Waals surface area contributed by atoms with Crippen LogP contribution >= 0.6 is 27.7 Å². The zero-order valence-corrected chi connectivity index (χ0v) is 21.5. The van der Waals surface area contributed by atoms with Gasteiger partial charge in [-0.05, 0) is 82.5 Å². The van der Waals surface area contributed by atoms with Gasteiger partial charge in [0.25, 0.3) is 5.91 Å². The minimum atomic E-state index is -4.63. The fourth-order valence-electron chi connectivity index (χ4n) is 3.95. The van der Waals surface area contributed by atoms with Gasteiger partial charge < -0.3 is 10.1 Å². The Hall–Kier alpha value is -3.30. The number of esters is 1. The van der Waals surface area contributed by atoms with Crippen LogP contribution < -0.4 is 5.32 Å². The first-order valence-corrected chi connectivity index (χ1v) is 12.3. The predicted molar refractivity (Wildman–Crippen MR) is 139 cm³/mol. The molecule has 4 nitrogen and oxygen atoms in total. The van der Waals surface area contributed by atoms with Crippen molar-refractivity contribution in [2.75, 3.05) is 12.4 Å². The van der Waals surface area contributed by atoms with E-state index in [0.29, 0.717) is 16.5 Å². The first kappa shape index (κ1) is 25.8. The third-order valence-corrected chi connectivity index (χ3v) is 6.83. The highest BCUT2D eigenvalue weighted by molar-refractivity contribution is 9.10. The Morgan fingerprint density at radius 3 is 2.36 bits per heavy atom. The summed E-state index contributed by atoms with van der Waals surface area (Å²) in [7, 11) is 1.14. The van der Waals surface area contributed by atoms with Gasteiger partial charge in [-0.2, -0.15) is 13.2 Å². The highest BCUT2D eigenvalue weighted by Gasteiger charge is 2.31. The van der Waals surface area contributed by atoms with Gasteiger partial charge >= 0.3 is 11.5 Å². The highest BCUT2D eigenvalue weighted by atomic mass is 79.9. The van der Waals surface area contributed by atoms with Gasteiger partial charge in [-0.1, -0.05) is 52.3 Å². The summed E-state index contributed by atoms with van der Waals surface area (Å²) in [6, 6.07) is 20.7. The summed E-state index contributed by atoms with van der Waals surface area (Å²) in [5.41, 5.74) is -1.99. The maximum atomic E-state index is 13.6. The molecule has 4 aromatic carbocycles. The van der Waals surface area contributed by atoms with E-state index in [1.165, 1.54) is 12.1 Å². The lowest BCUT2D eigenvalue weighted by Gasteiger charge is -2.18. The minimum Gasteiger partial charge on any atom is -0.465 e. The van der Waals surface area contributed by atoms with Crippen LogP contribution in [0.4, 0.5) is 18.9 Å². The SMILES string of the molecule is COC(=O)c1ccc(NC(=O)c2c(C)c(-c3ccccc3)cc3ccc(Br)cc23)c(SC(F)(F)F)c1. The lowest BCUT2D eigenvalue weighted by Crippen LogP contribution is -2.16. The van der Waals surface area contributed by atoms with Crippen molar-refractivity contribution < 1.29 is 27.5 Å². The van der Waals surface area contributed by atoms with Gasteiger partial charge in [0, 0.05) is 9.37 Å². The van der Waals surface area contributed by atoms with Crippen LogP contribution in [0.3, 0.4) is 0 Å². The summed E-state index contributed by atoms with van der Waals surface area (Å²) >= 11 is 3.03. The van der Waals surface area contributed by atoms with Gasteiger partial charge in [0.1, 0.15) is 0 Å². The van der Waals surface area contributed by atoms with Crippen LogP contribution in [0.1, 0.15) is 26.3 Å². The number of hydrogen-bond donors (Lipinski definition) is 1. The van der Waals surface area contributed by atoms with Crippen LogP contribution in [0.15, 0.2) is 82.2 Å². The maximum Gasteiger partial charge on any atom is 0.446 e. The van der Waals surface area contributed by atoms with E-state index in [1.54, 1.807) is 6.07 Å². The van der Waals surface area contributed by atoms with Crippen LogP contribution in [-0.2, 0) is 4.74 Å². The summed E-state index contributed by atoms with van der Waals surface area (Å²) < 4.78 is 45.2. The Labute approximate surface area is 218 Å². The molecule has 0 atom stereocenters. The largest absolute Gasteiger partial charge is 0.465 e. The van der Waals surface area contributed by atoms with Gasteiger partial charge in [-0.3, -0.25) is 4.79 Å². The monoisotopic (exact) mass is 573 g/mol. The van der Waals surface area contributed by atoms with Gasteiger partial charge in [-0.15, -0.1) is 0 Å². The van der Waals surface area contributed by atoms with Crippen molar-refractivity contribution in [3.63, 3.8) is 0 Å². The molecule has 0 aliphatic heterocycles. The predicted octanol–water partition coefficient (Wildman–Crippen LogP) is 8.23.